The summed E-state index contributed by atoms with van der Waals surface area (Å²) in [5.74, 6) is -0.398. The zero-order valence-electron chi connectivity index (χ0n) is 21.8. The van der Waals surface area contributed by atoms with Crippen LogP contribution in [0.25, 0.3) is 32.3 Å². The number of benzene rings is 4. The van der Waals surface area contributed by atoms with E-state index in [1.165, 1.54) is 0 Å². The fourth-order valence-electron chi connectivity index (χ4n) is 4.28. The van der Waals surface area contributed by atoms with Crippen LogP contribution in [0, 0.1) is 0 Å². The van der Waals surface area contributed by atoms with Crippen LogP contribution >= 0.6 is 0 Å². The Balaban J connectivity index is 2.17. The van der Waals surface area contributed by atoms with Crippen LogP contribution in [0.2, 0.25) is 0 Å². The fraction of sp³-hybridized carbons (Fsp3) is 0.304. The van der Waals surface area contributed by atoms with Gasteiger partial charge in [0.25, 0.3) is 30.4 Å². The number of hydrogen-bond donors (Lipinski definition) is 0. The minimum atomic E-state index is -5.59. The Kier molecular flexibility index (Phi) is 8.68. The van der Waals surface area contributed by atoms with Crippen molar-refractivity contribution in [3.05, 3.63) is 36.4 Å². The Bertz CT molecular complexity index is 2040. The van der Waals surface area contributed by atoms with Gasteiger partial charge in [-0.3, -0.25) is 12.5 Å². The quantitative estimate of drug-likeness (QED) is 0.119. The SMILES string of the molecule is COc1cc(S(=O)(=O)OCC(F)(F)F)c2ccc3c(S(=O)(=O)OCC(F)(F)F)cc(S(=O)(=O)OCC(F)(F)F)c4ccc1c2c43. The summed E-state index contributed by atoms with van der Waals surface area (Å²) in [5.41, 5.74) is 0. The van der Waals surface area contributed by atoms with Crippen molar-refractivity contribution in [2.24, 2.45) is 0 Å². The summed E-state index contributed by atoms with van der Waals surface area (Å²) in [6.07, 6.45) is -15.6. The molecule has 0 heterocycles. The molecule has 0 unspecified atom stereocenters. The molecule has 4 aromatic rings. The maximum absolute atomic E-state index is 13.0. The summed E-state index contributed by atoms with van der Waals surface area (Å²) in [6.45, 7) is -7.09. The smallest absolute Gasteiger partial charge is 0.413 e. The third-order valence-electron chi connectivity index (χ3n) is 5.91. The average molecular weight is 719 g/mol. The first kappa shape index (κ1) is 34.7. The zero-order chi connectivity index (χ0) is 34.0. The Morgan fingerprint density at radius 3 is 1.11 bits per heavy atom. The van der Waals surface area contributed by atoms with Gasteiger partial charge >= 0.3 is 18.5 Å². The summed E-state index contributed by atoms with van der Waals surface area (Å²) in [7, 11) is -15.5. The molecule has 0 aliphatic rings. The zero-order valence-corrected chi connectivity index (χ0v) is 24.2. The van der Waals surface area contributed by atoms with Gasteiger partial charge in [0.1, 0.15) is 20.4 Å². The van der Waals surface area contributed by atoms with Crippen LogP contribution in [0.15, 0.2) is 51.1 Å². The fourth-order valence-corrected chi connectivity index (χ4v) is 7.69. The monoisotopic (exact) mass is 718 g/mol. The van der Waals surface area contributed by atoms with Gasteiger partial charge in [0.05, 0.1) is 7.11 Å². The van der Waals surface area contributed by atoms with Crippen molar-refractivity contribution in [2.45, 2.75) is 33.2 Å². The molecule has 22 heteroatoms. The van der Waals surface area contributed by atoms with E-state index in [1.807, 2.05) is 0 Å². The molecule has 0 N–H and O–H groups in total. The van der Waals surface area contributed by atoms with Crippen molar-refractivity contribution in [1.82, 2.24) is 0 Å². The van der Waals surface area contributed by atoms with Gasteiger partial charge in [-0.15, -0.1) is 0 Å². The van der Waals surface area contributed by atoms with Crippen molar-refractivity contribution in [3.8, 4) is 5.75 Å². The van der Waals surface area contributed by atoms with Gasteiger partial charge in [0.2, 0.25) is 0 Å². The van der Waals surface area contributed by atoms with Gasteiger partial charge in [-0.05, 0) is 12.1 Å². The standard InChI is InChI=1S/C23H15F9O10S3/c1-39-15-6-16(43(33,34)40-8-21(24,25)26)12-4-5-14-18(45(37,38)42-10-23(30,31)32)7-17(44(35,36)41-9-22(27,28)29)13-3-2-11(15)19(12)20(13)14/h2-7H,8-10H2,1H3. The minimum absolute atomic E-state index is 0.134. The molecule has 0 bridgehead atoms. The maximum atomic E-state index is 13.0. The van der Waals surface area contributed by atoms with Gasteiger partial charge in [-0.1, -0.05) is 18.2 Å². The van der Waals surface area contributed by atoms with Crippen LogP contribution in [-0.4, -0.2) is 70.7 Å². The minimum Gasteiger partial charge on any atom is -0.496 e. The summed E-state index contributed by atoms with van der Waals surface area (Å²) in [5, 5.41) is -2.90. The van der Waals surface area contributed by atoms with E-state index in [9.17, 15) is 64.8 Å². The maximum Gasteiger partial charge on any atom is 0.413 e. The van der Waals surface area contributed by atoms with Crippen molar-refractivity contribution >= 4 is 62.7 Å². The molecular formula is C23H15F9O10S3. The van der Waals surface area contributed by atoms with Crippen molar-refractivity contribution in [2.75, 3.05) is 26.9 Å². The molecule has 0 saturated heterocycles. The van der Waals surface area contributed by atoms with Crippen LogP contribution in [0.5, 0.6) is 5.75 Å². The summed E-state index contributed by atoms with van der Waals surface area (Å²) in [6, 6.07) is 4.54. The van der Waals surface area contributed by atoms with Gasteiger partial charge < -0.3 is 4.74 Å². The lowest BCUT2D eigenvalue weighted by Gasteiger charge is -2.20. The topological polar surface area (TPSA) is 139 Å². The molecule has 0 fully saturated rings. The Hall–Kier alpha value is -3.18. The van der Waals surface area contributed by atoms with Crippen molar-refractivity contribution < 1.29 is 82.1 Å². The highest BCUT2D eigenvalue weighted by Gasteiger charge is 2.37. The highest BCUT2D eigenvalue weighted by Crippen LogP contribution is 2.46. The van der Waals surface area contributed by atoms with Crippen LogP contribution in [0.3, 0.4) is 0 Å². The van der Waals surface area contributed by atoms with Crippen LogP contribution in [0.4, 0.5) is 39.5 Å². The lowest BCUT2D eigenvalue weighted by Crippen LogP contribution is -2.22. The lowest BCUT2D eigenvalue weighted by atomic mass is 9.93. The number of hydrogen-bond acceptors (Lipinski definition) is 10. The molecule has 0 radical (unpaired) electrons. The molecule has 0 aromatic heterocycles. The first-order chi connectivity index (χ1) is 20.4. The highest BCUT2D eigenvalue weighted by molar-refractivity contribution is 7.88. The molecule has 0 atom stereocenters. The summed E-state index contributed by atoms with van der Waals surface area (Å²) < 4.78 is 210. The average Bonchev–Trinajstić information content (AvgIpc) is 2.91. The second-order valence-corrected chi connectivity index (χ2v) is 13.8. The molecule has 0 amide bonds. The highest BCUT2D eigenvalue weighted by atomic mass is 32.2. The Morgan fingerprint density at radius 1 is 0.511 bits per heavy atom. The largest absolute Gasteiger partial charge is 0.496 e. The molecule has 4 rings (SSSR count). The molecular weight excluding hydrogens is 703 g/mol. The van der Waals surface area contributed by atoms with Gasteiger partial charge in [0.15, 0.2) is 19.8 Å². The van der Waals surface area contributed by atoms with E-state index < -0.39 is 116 Å². The number of ether oxygens (including phenoxy) is 1. The second kappa shape index (κ2) is 11.3. The van der Waals surface area contributed by atoms with Crippen molar-refractivity contribution in [1.29, 1.82) is 0 Å². The van der Waals surface area contributed by atoms with E-state index in [0.29, 0.717) is 0 Å². The third-order valence-corrected chi connectivity index (χ3v) is 9.82. The molecule has 4 aromatic carbocycles. The third kappa shape index (κ3) is 7.30. The van der Waals surface area contributed by atoms with Crippen LogP contribution < -0.4 is 4.74 Å². The second-order valence-electron chi connectivity index (χ2n) is 9.02. The van der Waals surface area contributed by atoms with Gasteiger partial charge in [0, 0.05) is 38.4 Å². The normalized spacial score (nSPS) is 14.2. The Labute approximate surface area is 246 Å². The van der Waals surface area contributed by atoms with Crippen LogP contribution in [-0.2, 0) is 42.9 Å². The Morgan fingerprint density at radius 2 is 0.800 bits per heavy atom. The predicted octanol–water partition coefficient (Wildman–Crippen LogP) is 5.40. The van der Waals surface area contributed by atoms with E-state index >= 15 is 0 Å². The first-order valence-electron chi connectivity index (χ1n) is 11.6. The van der Waals surface area contributed by atoms with Crippen LogP contribution in [0.1, 0.15) is 0 Å². The van der Waals surface area contributed by atoms with Crippen molar-refractivity contribution in [3.63, 3.8) is 0 Å². The lowest BCUT2D eigenvalue weighted by molar-refractivity contribution is -0.153. The van der Waals surface area contributed by atoms with E-state index in [0.717, 1.165) is 37.4 Å². The molecule has 0 aliphatic carbocycles. The number of halogens is 9. The van der Waals surface area contributed by atoms with Gasteiger partial charge in [-0.2, -0.15) is 64.8 Å². The van der Waals surface area contributed by atoms with Gasteiger partial charge in [-0.25, -0.2) is 0 Å². The summed E-state index contributed by atoms with van der Waals surface area (Å²) in [4.78, 5) is -3.63. The molecule has 0 aliphatic heterocycles. The number of alkyl halides is 9. The van der Waals surface area contributed by atoms with E-state index in [1.54, 1.807) is 0 Å². The van der Waals surface area contributed by atoms with E-state index in [4.69, 9.17) is 4.74 Å². The number of rotatable bonds is 10. The molecule has 45 heavy (non-hydrogen) atoms. The predicted molar refractivity (Wildman–Crippen MR) is 134 cm³/mol. The van der Waals surface area contributed by atoms with E-state index in [-0.39, 0.29) is 11.5 Å². The summed E-state index contributed by atoms with van der Waals surface area (Å²) >= 11 is 0. The molecule has 10 nitrogen and oxygen atoms in total. The first-order valence-corrected chi connectivity index (χ1v) is 15.8. The van der Waals surface area contributed by atoms with E-state index in [2.05, 4.69) is 12.5 Å². The number of methoxy groups -OCH3 is 1. The molecule has 0 spiro atoms. The molecule has 248 valence electrons. The molecule has 0 saturated carbocycles.